The van der Waals surface area contributed by atoms with Crippen molar-refractivity contribution in [1.29, 1.82) is 0 Å². The van der Waals surface area contributed by atoms with Gasteiger partial charge in [0.25, 0.3) is 0 Å². The molecule has 1 rings (SSSR count). The minimum atomic E-state index is -4.81. The van der Waals surface area contributed by atoms with Gasteiger partial charge in [0.15, 0.2) is 0 Å². The number of rotatable bonds is 2. The molecule has 0 aromatic carbocycles. The minimum absolute atomic E-state index is 0. The van der Waals surface area contributed by atoms with Crippen LogP contribution in [0.25, 0.3) is 0 Å². The van der Waals surface area contributed by atoms with Crippen LogP contribution in [0.5, 0.6) is 0 Å². The van der Waals surface area contributed by atoms with Crippen molar-refractivity contribution in [3.63, 3.8) is 0 Å². The van der Waals surface area contributed by atoms with Crippen molar-refractivity contribution in [2.75, 3.05) is 0 Å². The molecule has 0 N–H and O–H groups in total. The van der Waals surface area contributed by atoms with Crippen LogP contribution < -0.4 is 51.4 Å². The molecule has 1 aliphatic rings. The zero-order valence-electron chi connectivity index (χ0n) is 8.08. The third kappa shape index (κ3) is 6.05. The van der Waals surface area contributed by atoms with Crippen LogP contribution in [0.3, 0.4) is 0 Å². The summed E-state index contributed by atoms with van der Waals surface area (Å²) >= 11 is 0. The molecule has 78 valence electrons. The fraction of sp³-hybridized carbons (Fsp3) is 1.00. The van der Waals surface area contributed by atoms with E-state index in [1.54, 1.807) is 0 Å². The summed E-state index contributed by atoms with van der Waals surface area (Å²) in [5, 5.41) is 0. The maximum absolute atomic E-state index is 12.5. The Bertz CT molecular complexity index is 171. The van der Waals surface area contributed by atoms with Crippen LogP contribution in [0.4, 0.5) is 21.7 Å². The van der Waals surface area contributed by atoms with E-state index in [2.05, 4.69) is 0 Å². The van der Waals surface area contributed by atoms with Gasteiger partial charge in [-0.15, -0.1) is 0 Å². The Hall–Kier alpha value is 1.35. The fourth-order valence-electron chi connectivity index (χ4n) is 1.71. The number of hydrogen-bond acceptors (Lipinski definition) is 0. The van der Waals surface area contributed by atoms with Gasteiger partial charge in [0, 0.05) is 12.8 Å². The van der Waals surface area contributed by atoms with Crippen LogP contribution in [0.1, 0.15) is 25.7 Å². The van der Waals surface area contributed by atoms with Crippen molar-refractivity contribution in [3.05, 3.63) is 0 Å². The van der Waals surface area contributed by atoms with Crippen molar-refractivity contribution < 1.29 is 73.1 Å². The van der Waals surface area contributed by atoms with E-state index >= 15 is 0 Å². The van der Waals surface area contributed by atoms with Crippen LogP contribution in [0.2, 0.25) is 6.32 Å². The molecular weight excluding hydrogens is 229 g/mol. The van der Waals surface area contributed by atoms with Gasteiger partial charge in [-0.05, 0) is 12.8 Å². The molecule has 0 atom stereocenters. The molecule has 0 aromatic heterocycles. The van der Waals surface area contributed by atoms with Gasteiger partial charge in [0.1, 0.15) is 0 Å². The topological polar surface area (TPSA) is 0 Å². The second-order valence-corrected chi connectivity index (χ2v) is 3.75. The summed E-state index contributed by atoms with van der Waals surface area (Å²) in [6, 6.07) is 0. The summed E-state index contributed by atoms with van der Waals surface area (Å²) < 4.78 is 60.8. The number of halogens is 5. The first-order chi connectivity index (χ1) is 5.79. The molecule has 0 nitrogen and oxygen atoms in total. The Morgan fingerprint density at radius 1 is 1.07 bits per heavy atom. The largest absolute Gasteiger partial charge is 1.00 e. The minimum Gasteiger partial charge on any atom is -0.449 e. The second-order valence-electron chi connectivity index (χ2n) is 3.75. The van der Waals surface area contributed by atoms with Gasteiger partial charge in [-0.3, -0.25) is 0 Å². The van der Waals surface area contributed by atoms with Gasteiger partial charge in [0.05, 0.1) is 0 Å². The number of alkyl halides is 2. The quantitative estimate of drug-likeness (QED) is 0.491. The van der Waals surface area contributed by atoms with E-state index in [1.807, 2.05) is 0 Å². The molecule has 14 heavy (non-hydrogen) atoms. The van der Waals surface area contributed by atoms with Crippen molar-refractivity contribution in [1.82, 2.24) is 0 Å². The van der Waals surface area contributed by atoms with E-state index in [1.165, 1.54) is 0 Å². The molecule has 0 spiro atoms. The van der Waals surface area contributed by atoms with Crippen LogP contribution in [0, 0.1) is 5.92 Å². The van der Waals surface area contributed by atoms with Crippen molar-refractivity contribution in [3.8, 4) is 0 Å². The van der Waals surface area contributed by atoms with E-state index in [9.17, 15) is 21.7 Å². The average molecular weight is 240 g/mol. The first-order valence-corrected chi connectivity index (χ1v) is 4.37. The molecule has 0 aliphatic heterocycles. The smallest absolute Gasteiger partial charge is 0.449 e. The molecule has 1 aliphatic carbocycles. The third-order valence-electron chi connectivity index (χ3n) is 2.44. The normalized spacial score (nSPS) is 22.9. The molecule has 0 heterocycles. The van der Waals surface area contributed by atoms with Crippen LogP contribution >= 0.6 is 0 Å². The Labute approximate surface area is 122 Å². The van der Waals surface area contributed by atoms with Gasteiger partial charge >= 0.3 is 58.4 Å². The van der Waals surface area contributed by atoms with E-state index in [0.717, 1.165) is 0 Å². The second kappa shape index (κ2) is 5.61. The molecule has 0 radical (unpaired) electrons. The summed E-state index contributed by atoms with van der Waals surface area (Å²) in [6.45, 7) is -4.81. The summed E-state index contributed by atoms with van der Waals surface area (Å²) in [5.41, 5.74) is 0. The van der Waals surface area contributed by atoms with Crippen molar-refractivity contribution in [2.24, 2.45) is 5.92 Å². The summed E-state index contributed by atoms with van der Waals surface area (Å²) in [7, 11) is 0. The Kier molecular flexibility index (Phi) is 6.15. The van der Waals surface area contributed by atoms with Crippen molar-refractivity contribution in [2.45, 2.75) is 37.9 Å². The van der Waals surface area contributed by atoms with Gasteiger partial charge in [-0.2, -0.15) is 0 Å². The first-order valence-electron chi connectivity index (χ1n) is 4.37. The zero-order valence-corrected chi connectivity index (χ0v) is 11.2. The number of hydrogen-bond donors (Lipinski definition) is 0. The van der Waals surface area contributed by atoms with E-state index in [0.29, 0.717) is 0 Å². The molecule has 0 aromatic rings. The van der Waals surface area contributed by atoms with Gasteiger partial charge in [0.2, 0.25) is 5.92 Å². The molecule has 0 saturated heterocycles. The fourth-order valence-corrected chi connectivity index (χ4v) is 1.71. The van der Waals surface area contributed by atoms with Crippen LogP contribution in [-0.2, 0) is 0 Å². The van der Waals surface area contributed by atoms with Gasteiger partial charge < -0.3 is 12.9 Å². The monoisotopic (exact) mass is 240 g/mol. The van der Waals surface area contributed by atoms with Crippen LogP contribution in [0.15, 0.2) is 0 Å². The molecule has 0 bridgehead atoms. The predicted octanol–water partition coefficient (Wildman–Crippen LogP) is 0.663. The first kappa shape index (κ1) is 15.4. The molecule has 0 amide bonds. The standard InChI is InChI=1S/C7H11BF5.K/c9-7(10)3-1-6(2-4-7)5-8(11,12)13;/h6H,1-5H2;/q-1;+1. The summed E-state index contributed by atoms with van der Waals surface area (Å²) in [6.07, 6.45) is -1.60. The summed E-state index contributed by atoms with van der Waals surface area (Å²) in [5.74, 6) is -3.30. The van der Waals surface area contributed by atoms with Gasteiger partial charge in [-0.1, -0.05) is 12.2 Å². The Morgan fingerprint density at radius 3 is 1.86 bits per heavy atom. The van der Waals surface area contributed by atoms with E-state index in [4.69, 9.17) is 0 Å². The van der Waals surface area contributed by atoms with Crippen molar-refractivity contribution >= 4 is 6.98 Å². The van der Waals surface area contributed by atoms with E-state index in [-0.39, 0.29) is 77.1 Å². The SMILES string of the molecule is F[B-](F)(F)CC1CCC(F)(F)CC1.[K+]. The molecular formula is C7H11BF5K. The predicted molar refractivity (Wildman–Crippen MR) is 40.8 cm³/mol. The third-order valence-corrected chi connectivity index (χ3v) is 2.44. The maximum Gasteiger partial charge on any atom is 1.00 e. The molecule has 7 heteroatoms. The van der Waals surface area contributed by atoms with Crippen LogP contribution in [-0.4, -0.2) is 12.9 Å². The maximum atomic E-state index is 12.5. The molecule has 0 unspecified atom stereocenters. The van der Waals surface area contributed by atoms with E-state index < -0.39 is 25.1 Å². The zero-order chi connectivity index (χ0) is 10.1. The molecule has 1 saturated carbocycles. The Balaban J connectivity index is 0.00000169. The molecule has 1 fully saturated rings. The average Bonchev–Trinajstić information content (AvgIpc) is 1.91. The van der Waals surface area contributed by atoms with Gasteiger partial charge in [-0.25, -0.2) is 8.78 Å². The summed E-state index contributed by atoms with van der Waals surface area (Å²) in [4.78, 5) is 0. The Morgan fingerprint density at radius 2 is 1.50 bits per heavy atom.